The minimum Gasteiger partial charge on any atom is -0.392 e. The van der Waals surface area contributed by atoms with E-state index in [0.717, 1.165) is 25.0 Å². The van der Waals surface area contributed by atoms with Crippen molar-refractivity contribution in [3.05, 3.63) is 53.3 Å². The number of nitrogens with zero attached hydrogens (tertiary/aromatic N) is 2. The number of aliphatic hydroxyl groups is 1. The van der Waals surface area contributed by atoms with E-state index in [0.29, 0.717) is 12.5 Å². The maximum absolute atomic E-state index is 10.6. The van der Waals surface area contributed by atoms with Gasteiger partial charge >= 0.3 is 0 Å². The molecule has 1 heterocycles. The molecule has 21 heavy (non-hydrogen) atoms. The number of benzene rings is 1. The SMILES string of the molecule is CCC(C)n1ccc(CC(O)C2CCc3ccccc32)n1. The van der Waals surface area contributed by atoms with Crippen molar-refractivity contribution >= 4 is 0 Å². The van der Waals surface area contributed by atoms with Crippen LogP contribution >= 0.6 is 0 Å². The lowest BCUT2D eigenvalue weighted by molar-refractivity contribution is 0.141. The van der Waals surface area contributed by atoms with Crippen LogP contribution in [0.1, 0.15) is 55.5 Å². The van der Waals surface area contributed by atoms with Gasteiger partial charge in [-0.1, -0.05) is 31.2 Å². The van der Waals surface area contributed by atoms with E-state index in [-0.39, 0.29) is 12.0 Å². The van der Waals surface area contributed by atoms with Crippen molar-refractivity contribution in [1.29, 1.82) is 0 Å². The molecule has 0 saturated heterocycles. The Morgan fingerprint density at radius 1 is 1.33 bits per heavy atom. The Hall–Kier alpha value is -1.61. The molecule has 1 aromatic heterocycles. The topological polar surface area (TPSA) is 38.0 Å². The third kappa shape index (κ3) is 2.88. The zero-order valence-corrected chi connectivity index (χ0v) is 12.9. The number of hydrogen-bond donors (Lipinski definition) is 1. The predicted octanol–water partition coefficient (Wildman–Crippen LogP) is 3.49. The summed E-state index contributed by atoms with van der Waals surface area (Å²) < 4.78 is 2.00. The van der Waals surface area contributed by atoms with Gasteiger partial charge in [-0.25, -0.2) is 0 Å². The maximum Gasteiger partial charge on any atom is 0.0664 e. The van der Waals surface area contributed by atoms with Crippen molar-refractivity contribution in [3.63, 3.8) is 0 Å². The fourth-order valence-corrected chi connectivity index (χ4v) is 3.27. The summed E-state index contributed by atoms with van der Waals surface area (Å²) in [6.07, 6.45) is 5.53. The third-order valence-corrected chi connectivity index (χ3v) is 4.77. The molecule has 0 aliphatic heterocycles. The summed E-state index contributed by atoms with van der Waals surface area (Å²) in [4.78, 5) is 0. The number of rotatable bonds is 5. The Bertz CT molecular complexity index is 605. The first-order valence-electron chi connectivity index (χ1n) is 7.99. The molecule has 1 aliphatic carbocycles. The minimum atomic E-state index is -0.339. The standard InChI is InChI=1S/C18H24N2O/c1-3-13(2)20-11-10-15(19-20)12-18(21)17-9-8-14-6-4-5-7-16(14)17/h4-7,10-11,13,17-18,21H,3,8-9,12H2,1-2H3. The summed E-state index contributed by atoms with van der Waals surface area (Å²) in [6, 6.07) is 11.0. The summed E-state index contributed by atoms with van der Waals surface area (Å²) in [5, 5.41) is 15.2. The maximum atomic E-state index is 10.6. The van der Waals surface area contributed by atoms with Crippen molar-refractivity contribution in [1.82, 2.24) is 9.78 Å². The van der Waals surface area contributed by atoms with E-state index >= 15 is 0 Å². The van der Waals surface area contributed by atoms with E-state index in [1.54, 1.807) is 0 Å². The average Bonchev–Trinajstić information content (AvgIpc) is 3.12. The Morgan fingerprint density at radius 3 is 2.95 bits per heavy atom. The van der Waals surface area contributed by atoms with Gasteiger partial charge in [0.1, 0.15) is 0 Å². The molecule has 1 N–H and O–H groups in total. The molecular formula is C18H24N2O. The van der Waals surface area contributed by atoms with Gasteiger partial charge in [0, 0.05) is 24.6 Å². The Balaban J connectivity index is 1.70. The highest BCUT2D eigenvalue weighted by Crippen LogP contribution is 2.36. The summed E-state index contributed by atoms with van der Waals surface area (Å²) in [5.41, 5.74) is 3.71. The van der Waals surface area contributed by atoms with E-state index in [2.05, 4.69) is 43.2 Å². The molecule has 0 spiro atoms. The first-order valence-corrected chi connectivity index (χ1v) is 7.99. The molecule has 0 saturated carbocycles. The van der Waals surface area contributed by atoms with Gasteiger partial charge in [-0.3, -0.25) is 4.68 Å². The lowest BCUT2D eigenvalue weighted by Gasteiger charge is -2.18. The molecular weight excluding hydrogens is 260 g/mol. The first-order chi connectivity index (χ1) is 10.2. The fourth-order valence-electron chi connectivity index (χ4n) is 3.27. The fraction of sp³-hybridized carbons (Fsp3) is 0.500. The predicted molar refractivity (Wildman–Crippen MR) is 84.4 cm³/mol. The molecule has 0 radical (unpaired) electrons. The van der Waals surface area contributed by atoms with Crippen LogP contribution in [0.15, 0.2) is 36.5 Å². The molecule has 0 amide bonds. The quantitative estimate of drug-likeness (QED) is 0.912. The Labute approximate surface area is 126 Å². The summed E-state index contributed by atoms with van der Waals surface area (Å²) in [7, 11) is 0. The van der Waals surface area contributed by atoms with Gasteiger partial charge in [0.25, 0.3) is 0 Å². The van der Waals surface area contributed by atoms with Crippen LogP contribution in [0.4, 0.5) is 0 Å². The number of hydrogen-bond acceptors (Lipinski definition) is 2. The molecule has 3 heteroatoms. The summed E-state index contributed by atoms with van der Waals surface area (Å²) in [5.74, 6) is 0.259. The highest BCUT2D eigenvalue weighted by molar-refractivity contribution is 5.35. The zero-order valence-electron chi connectivity index (χ0n) is 12.9. The number of aliphatic hydroxyl groups excluding tert-OH is 1. The van der Waals surface area contributed by atoms with Crippen molar-refractivity contribution in [2.24, 2.45) is 0 Å². The van der Waals surface area contributed by atoms with Crippen LogP contribution in [-0.4, -0.2) is 21.0 Å². The van der Waals surface area contributed by atoms with E-state index in [1.165, 1.54) is 11.1 Å². The largest absolute Gasteiger partial charge is 0.392 e. The van der Waals surface area contributed by atoms with E-state index < -0.39 is 0 Å². The van der Waals surface area contributed by atoms with Crippen LogP contribution in [0.25, 0.3) is 0 Å². The molecule has 3 nitrogen and oxygen atoms in total. The van der Waals surface area contributed by atoms with Gasteiger partial charge in [-0.15, -0.1) is 0 Å². The average molecular weight is 284 g/mol. The van der Waals surface area contributed by atoms with Gasteiger partial charge in [-0.2, -0.15) is 5.10 Å². The molecule has 3 atom stereocenters. The summed E-state index contributed by atoms with van der Waals surface area (Å²) in [6.45, 7) is 4.33. The van der Waals surface area contributed by atoms with Crippen molar-refractivity contribution in [2.75, 3.05) is 0 Å². The van der Waals surface area contributed by atoms with Gasteiger partial charge < -0.3 is 5.11 Å². The Morgan fingerprint density at radius 2 is 2.14 bits per heavy atom. The normalized spacial score (nSPS) is 20.2. The number of fused-ring (bicyclic) bond motifs is 1. The van der Waals surface area contributed by atoms with E-state index in [4.69, 9.17) is 0 Å². The second-order valence-corrected chi connectivity index (χ2v) is 6.16. The van der Waals surface area contributed by atoms with Gasteiger partial charge in [-0.05, 0) is 43.4 Å². The number of aromatic nitrogens is 2. The second-order valence-electron chi connectivity index (χ2n) is 6.16. The van der Waals surface area contributed by atoms with Gasteiger partial charge in [0.2, 0.25) is 0 Å². The van der Waals surface area contributed by atoms with Crippen LogP contribution in [0.2, 0.25) is 0 Å². The van der Waals surface area contributed by atoms with Gasteiger partial charge in [0.15, 0.2) is 0 Å². The molecule has 2 aromatic rings. The highest BCUT2D eigenvalue weighted by atomic mass is 16.3. The Kier molecular flexibility index (Phi) is 4.11. The lowest BCUT2D eigenvalue weighted by atomic mass is 9.92. The number of aryl methyl sites for hydroxylation is 1. The smallest absolute Gasteiger partial charge is 0.0664 e. The zero-order chi connectivity index (χ0) is 14.8. The van der Waals surface area contributed by atoms with E-state index in [9.17, 15) is 5.11 Å². The molecule has 0 bridgehead atoms. The second kappa shape index (κ2) is 6.02. The minimum absolute atomic E-state index is 0.259. The van der Waals surface area contributed by atoms with Crippen molar-refractivity contribution in [3.8, 4) is 0 Å². The van der Waals surface area contributed by atoms with Crippen molar-refractivity contribution in [2.45, 2.75) is 57.6 Å². The van der Waals surface area contributed by atoms with Crippen LogP contribution in [-0.2, 0) is 12.8 Å². The molecule has 3 rings (SSSR count). The third-order valence-electron chi connectivity index (χ3n) is 4.77. The van der Waals surface area contributed by atoms with Crippen LogP contribution < -0.4 is 0 Å². The van der Waals surface area contributed by atoms with Crippen LogP contribution in [0.3, 0.4) is 0 Å². The first kappa shape index (κ1) is 14.3. The summed E-state index contributed by atoms with van der Waals surface area (Å²) >= 11 is 0. The van der Waals surface area contributed by atoms with Crippen LogP contribution in [0, 0.1) is 0 Å². The van der Waals surface area contributed by atoms with Crippen molar-refractivity contribution < 1.29 is 5.11 Å². The molecule has 1 aliphatic rings. The van der Waals surface area contributed by atoms with E-state index in [1.807, 2.05) is 16.9 Å². The molecule has 0 fully saturated rings. The molecule has 112 valence electrons. The molecule has 1 aromatic carbocycles. The molecule has 3 unspecified atom stereocenters. The lowest BCUT2D eigenvalue weighted by Crippen LogP contribution is -2.20. The van der Waals surface area contributed by atoms with Gasteiger partial charge in [0.05, 0.1) is 11.8 Å². The monoisotopic (exact) mass is 284 g/mol. The highest BCUT2D eigenvalue weighted by Gasteiger charge is 2.28. The van der Waals surface area contributed by atoms with Crippen LogP contribution in [0.5, 0.6) is 0 Å².